The summed E-state index contributed by atoms with van der Waals surface area (Å²) in [5.74, 6) is 0. The number of rotatable bonds is 6. The lowest BCUT2D eigenvalue weighted by Gasteiger charge is -2.29. The van der Waals surface area contributed by atoms with E-state index in [-0.39, 0.29) is 12.1 Å². The predicted molar refractivity (Wildman–Crippen MR) is 161 cm³/mol. The van der Waals surface area contributed by atoms with Gasteiger partial charge < -0.3 is 14.8 Å². The summed E-state index contributed by atoms with van der Waals surface area (Å²) >= 11 is 9.61. The van der Waals surface area contributed by atoms with E-state index >= 15 is 0 Å². The van der Waals surface area contributed by atoms with Gasteiger partial charge in [-0.05, 0) is 109 Å². The monoisotopic (exact) mass is 609 g/mol. The molecule has 0 radical (unpaired) electrons. The number of aryl methyl sites for hydroxylation is 2. The third kappa shape index (κ3) is 4.95. The highest BCUT2D eigenvalue weighted by molar-refractivity contribution is 9.10. The van der Waals surface area contributed by atoms with Crippen LogP contribution in [0.2, 0.25) is 0 Å². The van der Waals surface area contributed by atoms with E-state index in [9.17, 15) is 8.42 Å². The van der Waals surface area contributed by atoms with Crippen LogP contribution in [0.15, 0.2) is 77.4 Å². The van der Waals surface area contributed by atoms with Crippen molar-refractivity contribution in [2.75, 3.05) is 15.9 Å². The standard InChI is InChI=1S/C28H28BrN5O2S2/c1-17-15-20(12-13-23(17)32-38(4,35)36)34-27(26(31-28(34)37)24-10-7-8-14-30-24)21-16-18(2)33(19(21)3)25-11-6-5-9-22(25)29/h5-16,26-27,32H,1-4H3,(H,31,37)/t26-,27-/m0/s1. The minimum absolute atomic E-state index is 0.187. The Morgan fingerprint density at radius 3 is 2.42 bits per heavy atom. The molecule has 1 saturated heterocycles. The Hall–Kier alpha value is -3.21. The summed E-state index contributed by atoms with van der Waals surface area (Å²) in [6, 6.07) is 21.5. The molecule has 5 rings (SSSR count). The Morgan fingerprint density at radius 2 is 1.76 bits per heavy atom. The predicted octanol–water partition coefficient (Wildman–Crippen LogP) is 6.11. The number of aromatic nitrogens is 2. The summed E-state index contributed by atoms with van der Waals surface area (Å²) in [5, 5.41) is 4.09. The molecule has 0 unspecified atom stereocenters. The van der Waals surface area contributed by atoms with Gasteiger partial charge in [-0.3, -0.25) is 9.71 Å². The first-order chi connectivity index (χ1) is 18.0. The maximum Gasteiger partial charge on any atom is 0.229 e. The van der Waals surface area contributed by atoms with Crippen LogP contribution < -0.4 is 14.9 Å². The number of hydrogen-bond acceptors (Lipinski definition) is 4. The zero-order chi connectivity index (χ0) is 27.2. The van der Waals surface area contributed by atoms with Crippen molar-refractivity contribution in [1.82, 2.24) is 14.9 Å². The van der Waals surface area contributed by atoms with Crippen molar-refractivity contribution in [3.8, 4) is 5.69 Å². The topological polar surface area (TPSA) is 79.3 Å². The normalized spacial score (nSPS) is 17.5. The van der Waals surface area contributed by atoms with Crippen LogP contribution in [0.25, 0.3) is 5.69 Å². The zero-order valence-electron chi connectivity index (χ0n) is 21.4. The average Bonchev–Trinajstić information content (AvgIpc) is 3.36. The van der Waals surface area contributed by atoms with Crippen LogP contribution in [0.5, 0.6) is 0 Å². The second-order valence-corrected chi connectivity index (χ2v) is 12.5. The van der Waals surface area contributed by atoms with E-state index in [2.05, 4.69) is 66.4 Å². The van der Waals surface area contributed by atoms with Crippen LogP contribution in [0, 0.1) is 20.8 Å². The first-order valence-corrected chi connectivity index (χ1v) is 15.2. The number of thiocarbonyl (C=S) groups is 1. The molecule has 2 aromatic heterocycles. The fourth-order valence-electron chi connectivity index (χ4n) is 5.15. The van der Waals surface area contributed by atoms with E-state index in [4.69, 9.17) is 12.2 Å². The smallest absolute Gasteiger partial charge is 0.229 e. The minimum atomic E-state index is -3.40. The van der Waals surface area contributed by atoms with Gasteiger partial charge >= 0.3 is 0 Å². The van der Waals surface area contributed by atoms with Crippen molar-refractivity contribution < 1.29 is 8.42 Å². The van der Waals surface area contributed by atoms with Gasteiger partial charge in [0.1, 0.15) is 0 Å². The van der Waals surface area contributed by atoms with Gasteiger partial charge in [-0.25, -0.2) is 8.42 Å². The van der Waals surface area contributed by atoms with E-state index in [1.54, 1.807) is 12.3 Å². The quantitative estimate of drug-likeness (QED) is 0.257. The molecule has 10 heteroatoms. The van der Waals surface area contributed by atoms with Crippen LogP contribution in [-0.2, 0) is 10.0 Å². The van der Waals surface area contributed by atoms with Crippen LogP contribution in [0.3, 0.4) is 0 Å². The number of hydrogen-bond donors (Lipinski definition) is 2. The molecule has 0 aliphatic carbocycles. The third-order valence-corrected chi connectivity index (χ3v) is 8.34. The van der Waals surface area contributed by atoms with Crippen molar-refractivity contribution in [2.24, 2.45) is 0 Å². The van der Waals surface area contributed by atoms with Crippen LogP contribution in [-0.4, -0.2) is 29.3 Å². The van der Waals surface area contributed by atoms with Crippen LogP contribution >= 0.6 is 28.1 Å². The number of benzene rings is 2. The number of halogens is 1. The molecule has 2 aromatic carbocycles. The van der Waals surface area contributed by atoms with Gasteiger partial charge in [0, 0.05) is 27.7 Å². The molecule has 0 saturated carbocycles. The molecule has 4 aromatic rings. The van der Waals surface area contributed by atoms with Gasteiger partial charge in [0.05, 0.1) is 35.4 Å². The van der Waals surface area contributed by atoms with Crippen molar-refractivity contribution in [3.05, 3.63) is 106 Å². The van der Waals surface area contributed by atoms with Gasteiger partial charge in [0.2, 0.25) is 10.0 Å². The SMILES string of the molecule is Cc1cc(N2C(=S)N[C@@H](c3ccccn3)[C@@H]2c2cc(C)n(-c3ccccc3Br)c2C)ccc1NS(C)(=O)=O. The van der Waals surface area contributed by atoms with Crippen LogP contribution in [0.4, 0.5) is 11.4 Å². The number of pyridine rings is 1. The van der Waals surface area contributed by atoms with Gasteiger partial charge in [0.15, 0.2) is 5.11 Å². The lowest BCUT2D eigenvalue weighted by molar-refractivity contribution is 0.565. The number of nitrogens with one attached hydrogen (secondary N) is 2. The Balaban J connectivity index is 1.66. The minimum Gasteiger partial charge on any atom is -0.351 e. The summed E-state index contributed by atoms with van der Waals surface area (Å²) in [5.41, 5.74) is 7.49. The molecule has 2 N–H and O–H groups in total. The summed E-state index contributed by atoms with van der Waals surface area (Å²) in [6.45, 7) is 6.11. The Bertz CT molecular complexity index is 1640. The molecular formula is C28H28BrN5O2S2. The maximum atomic E-state index is 11.8. The average molecular weight is 611 g/mol. The molecule has 7 nitrogen and oxygen atoms in total. The van der Waals surface area contributed by atoms with Gasteiger partial charge in [-0.2, -0.15) is 0 Å². The van der Waals surface area contributed by atoms with E-state index in [0.717, 1.165) is 50.3 Å². The largest absolute Gasteiger partial charge is 0.351 e. The molecule has 2 atom stereocenters. The summed E-state index contributed by atoms with van der Waals surface area (Å²) in [6.07, 6.45) is 2.94. The number of anilines is 2. The second kappa shape index (κ2) is 10.2. The van der Waals surface area contributed by atoms with Crippen molar-refractivity contribution >= 4 is 54.7 Å². The zero-order valence-corrected chi connectivity index (χ0v) is 24.7. The number of para-hydroxylation sites is 1. The molecule has 196 valence electrons. The molecule has 3 heterocycles. The Labute approximate surface area is 237 Å². The molecule has 1 aliphatic heterocycles. The van der Waals surface area contributed by atoms with Gasteiger partial charge in [-0.1, -0.05) is 18.2 Å². The number of nitrogens with zero attached hydrogens (tertiary/aromatic N) is 3. The van der Waals surface area contributed by atoms with E-state index in [0.29, 0.717) is 10.8 Å². The van der Waals surface area contributed by atoms with Crippen molar-refractivity contribution in [2.45, 2.75) is 32.9 Å². The highest BCUT2D eigenvalue weighted by Crippen LogP contribution is 2.44. The summed E-state index contributed by atoms with van der Waals surface area (Å²) in [7, 11) is -3.40. The third-order valence-electron chi connectivity index (χ3n) is 6.76. The second-order valence-electron chi connectivity index (χ2n) is 9.48. The van der Waals surface area contributed by atoms with E-state index in [1.807, 2.05) is 55.5 Å². The molecule has 0 bridgehead atoms. The Kier molecular flexibility index (Phi) is 7.06. The molecule has 0 amide bonds. The summed E-state index contributed by atoms with van der Waals surface area (Å²) < 4.78 is 29.5. The molecule has 1 fully saturated rings. The molecule has 0 spiro atoms. The summed E-state index contributed by atoms with van der Waals surface area (Å²) in [4.78, 5) is 6.77. The van der Waals surface area contributed by atoms with Crippen molar-refractivity contribution in [3.63, 3.8) is 0 Å². The van der Waals surface area contributed by atoms with E-state index in [1.165, 1.54) is 0 Å². The highest BCUT2D eigenvalue weighted by Gasteiger charge is 2.42. The fourth-order valence-corrected chi connectivity index (χ4v) is 6.59. The lowest BCUT2D eigenvalue weighted by Crippen LogP contribution is -2.29. The Morgan fingerprint density at radius 1 is 1.03 bits per heavy atom. The van der Waals surface area contributed by atoms with Gasteiger partial charge in [-0.15, -0.1) is 0 Å². The maximum absolute atomic E-state index is 11.8. The van der Waals surface area contributed by atoms with Gasteiger partial charge in [0.25, 0.3) is 0 Å². The van der Waals surface area contributed by atoms with E-state index < -0.39 is 10.0 Å². The van der Waals surface area contributed by atoms with Crippen LogP contribution in [0.1, 0.15) is 40.3 Å². The number of sulfonamides is 1. The van der Waals surface area contributed by atoms with Crippen molar-refractivity contribution in [1.29, 1.82) is 0 Å². The molecular weight excluding hydrogens is 582 g/mol. The fraction of sp³-hybridized carbons (Fsp3) is 0.214. The first-order valence-electron chi connectivity index (χ1n) is 12.1. The molecule has 1 aliphatic rings. The lowest BCUT2D eigenvalue weighted by atomic mass is 9.96. The first kappa shape index (κ1) is 26.4. The molecule has 38 heavy (non-hydrogen) atoms. The highest BCUT2D eigenvalue weighted by atomic mass is 79.9.